The summed E-state index contributed by atoms with van der Waals surface area (Å²) in [4.78, 5) is 0. The lowest BCUT2D eigenvalue weighted by Crippen LogP contribution is -2.41. The molecule has 0 aliphatic heterocycles. The van der Waals surface area contributed by atoms with E-state index in [1.165, 1.54) is 0 Å². The van der Waals surface area contributed by atoms with E-state index >= 15 is 0 Å². The number of aliphatic hydroxyl groups is 1. The van der Waals surface area contributed by atoms with Crippen LogP contribution in [0.2, 0.25) is 0 Å². The molecule has 1 saturated carbocycles. The molecule has 1 fully saturated rings. The summed E-state index contributed by atoms with van der Waals surface area (Å²) in [6.45, 7) is 5.82. The van der Waals surface area contributed by atoms with Gasteiger partial charge in [0.15, 0.2) is 0 Å². The Morgan fingerprint density at radius 1 is 1.67 bits per heavy atom. The van der Waals surface area contributed by atoms with E-state index in [1.807, 2.05) is 6.92 Å². The van der Waals surface area contributed by atoms with E-state index in [1.54, 1.807) is 6.92 Å². The van der Waals surface area contributed by atoms with Crippen LogP contribution in [0.3, 0.4) is 0 Å². The zero-order valence-electron chi connectivity index (χ0n) is 8.09. The molecule has 0 spiro atoms. The Morgan fingerprint density at radius 3 is 2.42 bits per heavy atom. The van der Waals surface area contributed by atoms with Gasteiger partial charge in [-0.2, -0.15) is 5.26 Å². The summed E-state index contributed by atoms with van der Waals surface area (Å²) in [5.74, 6) is -0.218. The average molecular weight is 167 g/mol. The van der Waals surface area contributed by atoms with Crippen molar-refractivity contribution >= 4 is 0 Å². The summed E-state index contributed by atoms with van der Waals surface area (Å²) in [5.41, 5.74) is -0.792. The fourth-order valence-electron chi connectivity index (χ4n) is 1.73. The first-order chi connectivity index (χ1) is 5.48. The van der Waals surface area contributed by atoms with Gasteiger partial charge in [-0.25, -0.2) is 0 Å². The molecule has 0 saturated heterocycles. The first-order valence-electron chi connectivity index (χ1n) is 4.60. The van der Waals surface area contributed by atoms with Crippen LogP contribution in [-0.4, -0.2) is 10.7 Å². The number of nitrogens with zero attached hydrogens (tertiary/aromatic N) is 1. The topological polar surface area (TPSA) is 44.0 Å². The van der Waals surface area contributed by atoms with Gasteiger partial charge in [0.05, 0.1) is 17.6 Å². The van der Waals surface area contributed by atoms with E-state index in [4.69, 9.17) is 5.26 Å². The van der Waals surface area contributed by atoms with Gasteiger partial charge in [0.1, 0.15) is 0 Å². The van der Waals surface area contributed by atoms with Crippen LogP contribution < -0.4 is 0 Å². The van der Waals surface area contributed by atoms with Gasteiger partial charge in [-0.3, -0.25) is 0 Å². The van der Waals surface area contributed by atoms with Crippen molar-refractivity contribution in [2.45, 2.75) is 45.6 Å². The lowest BCUT2D eigenvalue weighted by molar-refractivity contribution is -0.0429. The summed E-state index contributed by atoms with van der Waals surface area (Å²) in [6.07, 6.45) is 2.84. The minimum Gasteiger partial charge on any atom is -0.388 e. The van der Waals surface area contributed by atoms with Crippen LogP contribution in [0.5, 0.6) is 0 Å². The molecule has 2 heteroatoms. The average Bonchev–Trinajstić information content (AvgIpc) is 2.71. The summed E-state index contributed by atoms with van der Waals surface area (Å²) in [7, 11) is 0. The van der Waals surface area contributed by atoms with Crippen molar-refractivity contribution in [2.24, 2.45) is 11.3 Å². The lowest BCUT2D eigenvalue weighted by Gasteiger charge is -2.34. The van der Waals surface area contributed by atoms with Crippen LogP contribution in [-0.2, 0) is 0 Å². The Morgan fingerprint density at radius 2 is 2.17 bits per heavy atom. The molecule has 0 heterocycles. The number of hydrogen-bond donors (Lipinski definition) is 1. The van der Waals surface area contributed by atoms with Crippen LogP contribution >= 0.6 is 0 Å². The van der Waals surface area contributed by atoms with Crippen molar-refractivity contribution in [3.05, 3.63) is 0 Å². The zero-order valence-corrected chi connectivity index (χ0v) is 8.09. The molecule has 0 bridgehead atoms. The number of nitriles is 1. The van der Waals surface area contributed by atoms with Gasteiger partial charge >= 0.3 is 0 Å². The Balaban J connectivity index is 2.77. The van der Waals surface area contributed by atoms with Crippen LogP contribution in [0.4, 0.5) is 0 Å². The van der Waals surface area contributed by atoms with Gasteiger partial charge in [-0.15, -0.1) is 0 Å². The molecule has 1 N–H and O–H groups in total. The molecule has 0 aromatic rings. The molecule has 1 aliphatic carbocycles. The van der Waals surface area contributed by atoms with Gasteiger partial charge in [-0.1, -0.05) is 13.8 Å². The largest absolute Gasteiger partial charge is 0.388 e. The fraction of sp³-hybridized carbons (Fsp3) is 0.900. The molecular weight excluding hydrogens is 150 g/mol. The third kappa shape index (κ3) is 1.23. The highest BCUT2D eigenvalue weighted by Gasteiger charge is 2.55. The van der Waals surface area contributed by atoms with Gasteiger partial charge in [0.25, 0.3) is 0 Å². The molecule has 12 heavy (non-hydrogen) atoms. The van der Waals surface area contributed by atoms with Crippen molar-refractivity contribution in [2.75, 3.05) is 0 Å². The van der Waals surface area contributed by atoms with E-state index in [9.17, 15) is 5.11 Å². The molecule has 1 aliphatic rings. The Labute approximate surface area is 74.2 Å². The first-order valence-corrected chi connectivity index (χ1v) is 4.60. The molecule has 2 nitrogen and oxygen atoms in total. The van der Waals surface area contributed by atoms with Crippen LogP contribution in [0.15, 0.2) is 0 Å². The Kier molecular flexibility index (Phi) is 2.18. The van der Waals surface area contributed by atoms with Crippen molar-refractivity contribution in [1.29, 1.82) is 5.26 Å². The van der Waals surface area contributed by atoms with Gasteiger partial charge in [0, 0.05) is 0 Å². The first kappa shape index (κ1) is 9.54. The second-order valence-electron chi connectivity index (χ2n) is 4.30. The predicted molar refractivity (Wildman–Crippen MR) is 47.4 cm³/mol. The highest BCUT2D eigenvalue weighted by Crippen LogP contribution is 2.56. The van der Waals surface area contributed by atoms with Crippen LogP contribution in [0.1, 0.15) is 40.0 Å². The van der Waals surface area contributed by atoms with E-state index in [-0.39, 0.29) is 11.3 Å². The predicted octanol–water partition coefficient (Wildman–Crippen LogP) is 2.09. The van der Waals surface area contributed by atoms with E-state index in [2.05, 4.69) is 13.0 Å². The quantitative estimate of drug-likeness (QED) is 0.699. The molecule has 0 aromatic heterocycles. The van der Waals surface area contributed by atoms with Crippen molar-refractivity contribution < 1.29 is 5.11 Å². The summed E-state index contributed by atoms with van der Waals surface area (Å²) in [5, 5.41) is 19.0. The Hall–Kier alpha value is -0.550. The third-order valence-electron chi connectivity index (χ3n) is 3.46. The highest BCUT2D eigenvalue weighted by atomic mass is 16.3. The van der Waals surface area contributed by atoms with E-state index < -0.39 is 5.60 Å². The maximum Gasteiger partial charge on any atom is 0.0830 e. The van der Waals surface area contributed by atoms with Gasteiger partial charge in [0.2, 0.25) is 0 Å². The minimum atomic E-state index is -0.795. The molecule has 0 amide bonds. The summed E-state index contributed by atoms with van der Waals surface area (Å²) in [6, 6.07) is 2.19. The lowest BCUT2D eigenvalue weighted by atomic mass is 9.76. The Bertz CT molecular complexity index is 210. The van der Waals surface area contributed by atoms with Crippen LogP contribution in [0, 0.1) is 22.7 Å². The maximum absolute atomic E-state index is 10.2. The zero-order chi connectivity index (χ0) is 9.41. The molecule has 2 unspecified atom stereocenters. The summed E-state index contributed by atoms with van der Waals surface area (Å²) >= 11 is 0. The number of rotatable bonds is 3. The maximum atomic E-state index is 10.2. The minimum absolute atomic E-state index is 0.00338. The third-order valence-corrected chi connectivity index (χ3v) is 3.46. The van der Waals surface area contributed by atoms with Crippen LogP contribution in [0.25, 0.3) is 0 Å². The smallest absolute Gasteiger partial charge is 0.0830 e. The van der Waals surface area contributed by atoms with Crippen molar-refractivity contribution in [3.8, 4) is 6.07 Å². The molecule has 2 atom stereocenters. The standard InChI is InChI=1S/C10H17NO/c1-4-8(7-11)10(3,12)9(2)5-6-9/h8,12H,4-6H2,1-3H3. The second kappa shape index (κ2) is 2.74. The highest BCUT2D eigenvalue weighted by molar-refractivity contribution is 5.10. The van der Waals surface area contributed by atoms with E-state index in [0.717, 1.165) is 19.3 Å². The SMILES string of the molecule is CCC(C#N)C(C)(O)C1(C)CC1. The monoisotopic (exact) mass is 167 g/mol. The molecule has 0 aromatic carbocycles. The molecular formula is C10H17NO. The van der Waals surface area contributed by atoms with Gasteiger partial charge in [-0.05, 0) is 31.6 Å². The molecule has 1 rings (SSSR count). The number of hydrogen-bond acceptors (Lipinski definition) is 2. The van der Waals surface area contributed by atoms with Gasteiger partial charge < -0.3 is 5.11 Å². The van der Waals surface area contributed by atoms with E-state index in [0.29, 0.717) is 0 Å². The molecule has 68 valence electrons. The van der Waals surface area contributed by atoms with Crippen molar-refractivity contribution in [3.63, 3.8) is 0 Å². The van der Waals surface area contributed by atoms with Crippen molar-refractivity contribution in [1.82, 2.24) is 0 Å². The molecule has 0 radical (unpaired) electrons. The fourth-order valence-corrected chi connectivity index (χ4v) is 1.73. The summed E-state index contributed by atoms with van der Waals surface area (Å²) < 4.78 is 0. The second-order valence-corrected chi connectivity index (χ2v) is 4.30. The normalized spacial score (nSPS) is 26.9.